The van der Waals surface area contributed by atoms with Gasteiger partial charge in [0.2, 0.25) is 0 Å². The maximum Gasteiger partial charge on any atom is 0.300 e. The van der Waals surface area contributed by atoms with E-state index in [0.717, 1.165) is 35.9 Å². The summed E-state index contributed by atoms with van der Waals surface area (Å²) in [4.78, 5) is 9.00. The highest BCUT2D eigenvalue weighted by molar-refractivity contribution is 5.94. The maximum atomic E-state index is 9.49. The Labute approximate surface area is 147 Å². The fourth-order valence-corrected chi connectivity index (χ4v) is 2.97. The van der Waals surface area contributed by atoms with Crippen LogP contribution in [-0.2, 0) is 9.53 Å². The summed E-state index contributed by atoms with van der Waals surface area (Å²) < 4.78 is 5.48. The van der Waals surface area contributed by atoms with Gasteiger partial charge in [0, 0.05) is 19.4 Å². The largest absolute Gasteiger partial charge is 0.481 e. The SMILES string of the molecule is CC(=O)O.Cc1cccc(C)c1N1N=C2COCCC2C(C#N)=C1N. The van der Waals surface area contributed by atoms with Gasteiger partial charge < -0.3 is 15.6 Å². The van der Waals surface area contributed by atoms with Gasteiger partial charge in [0.25, 0.3) is 5.97 Å². The summed E-state index contributed by atoms with van der Waals surface area (Å²) in [5.41, 5.74) is 10.8. The van der Waals surface area contributed by atoms with Crippen LogP contribution < -0.4 is 10.7 Å². The highest BCUT2D eigenvalue weighted by Gasteiger charge is 2.34. The number of aryl methyl sites for hydroxylation is 2. The number of rotatable bonds is 1. The highest BCUT2D eigenvalue weighted by Crippen LogP contribution is 2.34. The van der Waals surface area contributed by atoms with Gasteiger partial charge in [-0.25, -0.2) is 5.01 Å². The van der Waals surface area contributed by atoms with Gasteiger partial charge in [-0.2, -0.15) is 10.4 Å². The van der Waals surface area contributed by atoms with E-state index in [4.69, 9.17) is 20.4 Å². The third-order valence-corrected chi connectivity index (χ3v) is 4.06. The lowest BCUT2D eigenvalue weighted by atomic mass is 9.89. The van der Waals surface area contributed by atoms with Crippen molar-refractivity contribution in [3.63, 3.8) is 0 Å². The van der Waals surface area contributed by atoms with Crippen LogP contribution in [0.5, 0.6) is 0 Å². The van der Waals surface area contributed by atoms with E-state index in [9.17, 15) is 5.26 Å². The molecule has 1 aromatic carbocycles. The molecule has 1 saturated heterocycles. The van der Waals surface area contributed by atoms with E-state index in [0.29, 0.717) is 24.6 Å². The van der Waals surface area contributed by atoms with Crippen LogP contribution >= 0.6 is 0 Å². The molecule has 2 aliphatic rings. The minimum Gasteiger partial charge on any atom is -0.481 e. The van der Waals surface area contributed by atoms with Crippen molar-refractivity contribution in [1.82, 2.24) is 0 Å². The summed E-state index contributed by atoms with van der Waals surface area (Å²) >= 11 is 0. The van der Waals surface area contributed by atoms with Crippen molar-refractivity contribution < 1.29 is 14.6 Å². The van der Waals surface area contributed by atoms with E-state index >= 15 is 0 Å². The average molecular weight is 342 g/mol. The van der Waals surface area contributed by atoms with Gasteiger partial charge in [-0.15, -0.1) is 0 Å². The lowest BCUT2D eigenvalue weighted by Gasteiger charge is -2.34. The number of hydrazone groups is 1. The van der Waals surface area contributed by atoms with Gasteiger partial charge in [-0.3, -0.25) is 4.79 Å². The summed E-state index contributed by atoms with van der Waals surface area (Å²) in [5, 5.41) is 23.3. The van der Waals surface area contributed by atoms with E-state index in [-0.39, 0.29) is 5.92 Å². The molecule has 1 fully saturated rings. The summed E-state index contributed by atoms with van der Waals surface area (Å²) in [7, 11) is 0. The number of nitrogens with two attached hydrogens (primary N) is 1. The molecule has 3 N–H and O–H groups in total. The molecular formula is C18H22N4O3. The number of para-hydroxylation sites is 1. The molecule has 0 spiro atoms. The summed E-state index contributed by atoms with van der Waals surface area (Å²) in [6.45, 7) is 6.23. The number of fused-ring (bicyclic) bond motifs is 1. The third-order valence-electron chi connectivity index (χ3n) is 4.06. The quantitative estimate of drug-likeness (QED) is 0.810. The van der Waals surface area contributed by atoms with E-state index in [1.54, 1.807) is 5.01 Å². The van der Waals surface area contributed by atoms with Crippen LogP contribution in [0.4, 0.5) is 5.69 Å². The van der Waals surface area contributed by atoms with E-state index in [1.807, 2.05) is 32.0 Å². The molecule has 7 heteroatoms. The molecule has 0 bridgehead atoms. The van der Waals surface area contributed by atoms with Crippen LogP contribution in [0.1, 0.15) is 24.5 Å². The number of carbonyl (C=O) groups is 1. The second kappa shape index (κ2) is 7.81. The molecule has 1 unspecified atom stereocenters. The van der Waals surface area contributed by atoms with Crippen LogP contribution in [0.3, 0.4) is 0 Å². The number of nitriles is 1. The van der Waals surface area contributed by atoms with Crippen LogP contribution in [0.15, 0.2) is 34.7 Å². The Balaban J connectivity index is 0.000000511. The predicted molar refractivity (Wildman–Crippen MR) is 94.9 cm³/mol. The van der Waals surface area contributed by atoms with Crippen LogP contribution in [-0.4, -0.2) is 30.0 Å². The van der Waals surface area contributed by atoms with Crippen molar-refractivity contribution in [2.45, 2.75) is 27.2 Å². The maximum absolute atomic E-state index is 9.49. The minimum absolute atomic E-state index is 0.00400. The normalized spacial score (nSPS) is 19.2. The molecule has 1 aromatic rings. The fourth-order valence-electron chi connectivity index (χ4n) is 2.97. The molecule has 0 amide bonds. The molecule has 0 aromatic heterocycles. The van der Waals surface area contributed by atoms with Crippen molar-refractivity contribution in [2.75, 3.05) is 18.2 Å². The first kappa shape index (κ1) is 18.5. The lowest BCUT2D eigenvalue weighted by Crippen LogP contribution is -2.40. The topological polar surface area (TPSA) is 112 Å². The number of hydrogen-bond donors (Lipinski definition) is 2. The molecule has 3 rings (SSSR count). The van der Waals surface area contributed by atoms with Gasteiger partial charge in [0.1, 0.15) is 5.82 Å². The minimum atomic E-state index is -0.833. The highest BCUT2D eigenvalue weighted by atomic mass is 16.5. The van der Waals surface area contributed by atoms with E-state index in [2.05, 4.69) is 11.2 Å². The Morgan fingerprint density at radius 2 is 2.04 bits per heavy atom. The molecule has 0 saturated carbocycles. The number of nitrogens with zero attached hydrogens (tertiary/aromatic N) is 3. The lowest BCUT2D eigenvalue weighted by molar-refractivity contribution is -0.134. The zero-order chi connectivity index (χ0) is 18.6. The molecule has 2 aliphatic heterocycles. The first-order valence-corrected chi connectivity index (χ1v) is 7.97. The molecular weight excluding hydrogens is 320 g/mol. The second-order valence-corrected chi connectivity index (χ2v) is 5.97. The van der Waals surface area contributed by atoms with Gasteiger partial charge in [0.15, 0.2) is 0 Å². The zero-order valence-corrected chi connectivity index (χ0v) is 14.6. The van der Waals surface area contributed by atoms with E-state index in [1.165, 1.54) is 0 Å². The number of anilines is 1. The summed E-state index contributed by atoms with van der Waals surface area (Å²) in [5.74, 6) is -0.394. The standard InChI is InChI=1S/C16H18N4O.C2H4O2/c1-10-4-3-5-11(2)15(10)20-16(18)13(8-17)12-6-7-21-9-14(12)19-20;1-2(3)4/h3-5,12H,6-7,9,18H2,1-2H3;1H3,(H,3,4). The van der Waals surface area contributed by atoms with Crippen molar-refractivity contribution in [3.8, 4) is 6.07 Å². The third kappa shape index (κ3) is 3.98. The molecule has 0 radical (unpaired) electrons. The molecule has 25 heavy (non-hydrogen) atoms. The molecule has 0 aliphatic carbocycles. The van der Waals surface area contributed by atoms with Gasteiger partial charge in [-0.1, -0.05) is 18.2 Å². The van der Waals surface area contributed by atoms with E-state index < -0.39 is 5.97 Å². The Morgan fingerprint density at radius 3 is 2.60 bits per heavy atom. The fraction of sp³-hybridized carbons (Fsp3) is 0.389. The Hall–Kier alpha value is -2.85. The summed E-state index contributed by atoms with van der Waals surface area (Å²) in [6, 6.07) is 8.31. The monoisotopic (exact) mass is 342 g/mol. The van der Waals surface area contributed by atoms with Crippen LogP contribution in [0.25, 0.3) is 0 Å². The summed E-state index contributed by atoms with van der Waals surface area (Å²) in [6.07, 6.45) is 0.767. The number of carboxylic acid groups (broad SMARTS) is 1. The zero-order valence-electron chi connectivity index (χ0n) is 14.6. The Morgan fingerprint density at radius 1 is 1.44 bits per heavy atom. The second-order valence-electron chi connectivity index (χ2n) is 5.97. The Kier molecular flexibility index (Phi) is 5.78. The molecule has 7 nitrogen and oxygen atoms in total. The number of ether oxygens (including phenoxy) is 1. The number of benzene rings is 1. The molecule has 132 valence electrons. The molecule has 2 heterocycles. The number of aliphatic carboxylic acids is 1. The van der Waals surface area contributed by atoms with Gasteiger partial charge in [-0.05, 0) is 31.4 Å². The van der Waals surface area contributed by atoms with Crippen molar-refractivity contribution in [1.29, 1.82) is 5.26 Å². The van der Waals surface area contributed by atoms with Crippen LogP contribution in [0.2, 0.25) is 0 Å². The average Bonchev–Trinajstić information content (AvgIpc) is 2.55. The van der Waals surface area contributed by atoms with Crippen molar-refractivity contribution in [2.24, 2.45) is 16.8 Å². The number of hydrogen-bond acceptors (Lipinski definition) is 6. The molecule has 1 atom stereocenters. The first-order valence-electron chi connectivity index (χ1n) is 7.97. The number of allylic oxidation sites excluding steroid dienone is 1. The van der Waals surface area contributed by atoms with Gasteiger partial charge >= 0.3 is 0 Å². The van der Waals surface area contributed by atoms with Gasteiger partial charge in [0.05, 0.1) is 29.6 Å². The van der Waals surface area contributed by atoms with Crippen molar-refractivity contribution >= 4 is 17.4 Å². The Bertz CT molecular complexity index is 753. The smallest absolute Gasteiger partial charge is 0.300 e. The van der Waals surface area contributed by atoms with Crippen molar-refractivity contribution in [3.05, 3.63) is 40.7 Å². The first-order chi connectivity index (χ1) is 11.9. The number of carboxylic acids is 1. The predicted octanol–water partition coefficient (Wildman–Crippen LogP) is 2.30. The van der Waals surface area contributed by atoms with Crippen LogP contribution in [0, 0.1) is 31.1 Å².